The van der Waals surface area contributed by atoms with Crippen molar-refractivity contribution in [3.8, 4) is 6.07 Å². The molecule has 0 saturated heterocycles. The summed E-state index contributed by atoms with van der Waals surface area (Å²) in [6.07, 6.45) is 12.6. The first-order valence-corrected chi connectivity index (χ1v) is 13.8. The lowest BCUT2D eigenvalue weighted by Gasteiger charge is -2.69. The van der Waals surface area contributed by atoms with E-state index >= 15 is 0 Å². The summed E-state index contributed by atoms with van der Waals surface area (Å²) in [5, 5.41) is 9.77. The Balaban J connectivity index is 1.64. The second-order valence-electron chi connectivity index (χ2n) is 14.1. The number of ketones is 1. The summed E-state index contributed by atoms with van der Waals surface area (Å²) in [5.74, 6) is 0.823. The Kier molecular flexibility index (Phi) is 5.36. The van der Waals surface area contributed by atoms with Crippen molar-refractivity contribution in [2.45, 2.75) is 92.9 Å². The maximum Gasteiger partial charge on any atom is 0.312 e. The summed E-state index contributed by atoms with van der Waals surface area (Å²) in [5.41, 5.74) is 1.59. The number of carbonyl (C=O) groups excluding carboxylic acids is 2. The lowest BCUT2D eigenvalue weighted by Crippen LogP contribution is -2.63. The van der Waals surface area contributed by atoms with E-state index in [0.717, 1.165) is 51.4 Å². The van der Waals surface area contributed by atoms with Crippen molar-refractivity contribution in [1.29, 1.82) is 5.26 Å². The highest BCUT2D eigenvalue weighted by Gasteiger charge is 2.68. The number of methoxy groups -OCH3 is 1. The fourth-order valence-electron chi connectivity index (χ4n) is 10.0. The molecule has 0 N–H and O–H groups in total. The molecule has 4 nitrogen and oxygen atoms in total. The highest BCUT2D eigenvalue weighted by molar-refractivity contribution is 6.01. The summed E-state index contributed by atoms with van der Waals surface area (Å²) in [4.78, 5) is 26.2. The average Bonchev–Trinajstić information content (AvgIpc) is 2.81. The number of ether oxygens (including phenoxy) is 1. The zero-order valence-corrected chi connectivity index (χ0v) is 22.8. The third-order valence-corrected chi connectivity index (χ3v) is 12.3. The van der Waals surface area contributed by atoms with Gasteiger partial charge < -0.3 is 4.74 Å². The van der Waals surface area contributed by atoms with Crippen LogP contribution in [0.3, 0.4) is 0 Å². The van der Waals surface area contributed by atoms with E-state index in [-0.39, 0.29) is 56.6 Å². The molecule has 0 bridgehead atoms. The topological polar surface area (TPSA) is 67.2 Å². The molecule has 0 aromatic heterocycles. The van der Waals surface area contributed by atoms with Crippen molar-refractivity contribution >= 4 is 11.8 Å². The van der Waals surface area contributed by atoms with E-state index in [0.29, 0.717) is 11.5 Å². The van der Waals surface area contributed by atoms with Gasteiger partial charge in [0.05, 0.1) is 18.1 Å². The third-order valence-electron chi connectivity index (χ3n) is 12.3. The molecule has 8 atom stereocenters. The van der Waals surface area contributed by atoms with Crippen LogP contribution in [0.25, 0.3) is 0 Å². The van der Waals surface area contributed by atoms with Crippen LogP contribution < -0.4 is 0 Å². The van der Waals surface area contributed by atoms with Crippen LogP contribution in [0.15, 0.2) is 23.3 Å². The van der Waals surface area contributed by atoms with E-state index in [4.69, 9.17) is 4.74 Å². The van der Waals surface area contributed by atoms with Crippen molar-refractivity contribution in [3.63, 3.8) is 0 Å². The van der Waals surface area contributed by atoms with Gasteiger partial charge in [0.1, 0.15) is 6.07 Å². The molecule has 4 heteroatoms. The second kappa shape index (κ2) is 7.56. The Labute approximate surface area is 211 Å². The number of nitrogens with zero attached hydrogens (tertiary/aromatic N) is 1. The molecule has 0 unspecified atom stereocenters. The van der Waals surface area contributed by atoms with Crippen LogP contribution in [0.1, 0.15) is 92.9 Å². The molecule has 35 heavy (non-hydrogen) atoms. The summed E-state index contributed by atoms with van der Waals surface area (Å²) in [6, 6.07) is 2.23. The van der Waals surface area contributed by atoms with Crippen LogP contribution >= 0.6 is 0 Å². The van der Waals surface area contributed by atoms with E-state index in [2.05, 4.69) is 52.8 Å². The number of fused-ring (bicyclic) bond motifs is 7. The van der Waals surface area contributed by atoms with Crippen molar-refractivity contribution in [3.05, 3.63) is 23.3 Å². The number of rotatable bonds is 1. The highest BCUT2D eigenvalue weighted by atomic mass is 16.5. The maximum absolute atomic E-state index is 13.3. The van der Waals surface area contributed by atoms with Crippen molar-refractivity contribution in [2.75, 3.05) is 7.11 Å². The zero-order chi connectivity index (χ0) is 25.6. The van der Waals surface area contributed by atoms with Crippen LogP contribution in [0, 0.1) is 62.1 Å². The van der Waals surface area contributed by atoms with E-state index in [1.807, 2.05) is 6.92 Å². The van der Waals surface area contributed by atoms with Gasteiger partial charge >= 0.3 is 5.97 Å². The number of nitriles is 1. The Morgan fingerprint density at radius 1 is 1.09 bits per heavy atom. The van der Waals surface area contributed by atoms with Crippen LogP contribution in [0.5, 0.6) is 0 Å². The van der Waals surface area contributed by atoms with Gasteiger partial charge in [0.25, 0.3) is 0 Å². The fraction of sp³-hybridized carbons (Fsp3) is 0.774. The molecule has 5 aliphatic carbocycles. The predicted molar refractivity (Wildman–Crippen MR) is 136 cm³/mol. The standard InChI is InChI=1S/C31H43NO3/c1-19-21-10-11-30(6)24(28(21,4)16-20(18-32)25(19)33)9-8-22-23-17-27(2,3)12-14-31(23,26(34)35-7)15-13-29(22,30)5/h8,16,19,21,23-24H,9-15,17H2,1-7H3/t19-,21-,23-,24+,28-,29+,30+,31-/m0/s1. The van der Waals surface area contributed by atoms with Crippen LogP contribution in [-0.2, 0) is 14.3 Å². The van der Waals surface area contributed by atoms with Gasteiger partial charge in [-0.25, -0.2) is 0 Å². The Morgan fingerprint density at radius 2 is 1.77 bits per heavy atom. The minimum atomic E-state index is -0.389. The monoisotopic (exact) mass is 477 g/mol. The summed E-state index contributed by atoms with van der Waals surface area (Å²) in [7, 11) is 1.56. The normalized spacial score (nSPS) is 48.1. The zero-order valence-electron chi connectivity index (χ0n) is 22.8. The molecule has 0 amide bonds. The number of Topliss-reactive ketones (excluding diaryl/α,β-unsaturated/α-hetero) is 1. The number of allylic oxidation sites excluding steroid dienone is 4. The Bertz CT molecular complexity index is 1080. The van der Waals surface area contributed by atoms with E-state index in [1.165, 1.54) is 5.57 Å². The van der Waals surface area contributed by atoms with Gasteiger partial charge in [-0.05, 0) is 90.8 Å². The smallest absolute Gasteiger partial charge is 0.312 e. The van der Waals surface area contributed by atoms with Gasteiger partial charge in [-0.3, -0.25) is 9.59 Å². The lowest BCUT2D eigenvalue weighted by molar-refractivity contribution is -0.174. The molecule has 0 aliphatic heterocycles. The summed E-state index contributed by atoms with van der Waals surface area (Å²) < 4.78 is 5.46. The van der Waals surface area contributed by atoms with Gasteiger partial charge in [-0.2, -0.15) is 5.26 Å². The first-order valence-electron chi connectivity index (χ1n) is 13.8. The molecule has 5 rings (SSSR count). The number of hydrogen-bond acceptors (Lipinski definition) is 4. The SMILES string of the molecule is COC(=O)[C@]12CCC(C)(C)C[C@H]1C1=CC[C@@H]3[C@@]4(C)C=C(C#N)C(=O)[C@@H](C)[C@@H]4CC[C@@]3(C)[C@]1(C)CC2. The minimum absolute atomic E-state index is 0.00481. The molecule has 0 spiro atoms. The molecule has 3 fully saturated rings. The minimum Gasteiger partial charge on any atom is -0.469 e. The first-order chi connectivity index (χ1) is 16.3. The first kappa shape index (κ1) is 24.8. The maximum atomic E-state index is 13.3. The van der Waals surface area contributed by atoms with Crippen molar-refractivity contribution < 1.29 is 14.3 Å². The van der Waals surface area contributed by atoms with Crippen LogP contribution in [0.4, 0.5) is 0 Å². The van der Waals surface area contributed by atoms with Gasteiger partial charge in [-0.15, -0.1) is 0 Å². The Hall–Kier alpha value is -1.89. The van der Waals surface area contributed by atoms with E-state index in [9.17, 15) is 14.9 Å². The van der Waals surface area contributed by atoms with E-state index < -0.39 is 0 Å². The van der Waals surface area contributed by atoms with Gasteiger partial charge in [0.15, 0.2) is 5.78 Å². The molecular weight excluding hydrogens is 434 g/mol. The lowest BCUT2D eigenvalue weighted by atomic mass is 9.35. The molecule has 0 heterocycles. The van der Waals surface area contributed by atoms with Gasteiger partial charge in [-0.1, -0.05) is 59.3 Å². The Morgan fingerprint density at radius 3 is 2.43 bits per heavy atom. The molecule has 0 aromatic carbocycles. The molecule has 5 aliphatic rings. The number of carbonyl (C=O) groups is 2. The van der Waals surface area contributed by atoms with Crippen molar-refractivity contribution in [1.82, 2.24) is 0 Å². The van der Waals surface area contributed by atoms with Crippen molar-refractivity contribution in [2.24, 2.45) is 50.7 Å². The molecule has 0 radical (unpaired) electrons. The molecule has 0 aromatic rings. The average molecular weight is 478 g/mol. The van der Waals surface area contributed by atoms with E-state index in [1.54, 1.807) is 7.11 Å². The van der Waals surface area contributed by atoms with Gasteiger partial charge in [0.2, 0.25) is 0 Å². The molecule has 190 valence electrons. The molecule has 3 saturated carbocycles. The quantitative estimate of drug-likeness (QED) is 0.307. The largest absolute Gasteiger partial charge is 0.469 e. The predicted octanol–water partition coefficient (Wildman–Crippen LogP) is 6.81. The third kappa shape index (κ3) is 3.02. The molecular formula is C31H43NO3. The van der Waals surface area contributed by atoms with Crippen LogP contribution in [0.2, 0.25) is 0 Å². The highest BCUT2D eigenvalue weighted by Crippen LogP contribution is 2.74. The fourth-order valence-corrected chi connectivity index (χ4v) is 10.0. The number of hydrogen-bond donors (Lipinski definition) is 0. The summed E-state index contributed by atoms with van der Waals surface area (Å²) >= 11 is 0. The second-order valence-corrected chi connectivity index (χ2v) is 14.1. The number of esters is 1. The van der Waals surface area contributed by atoms with Gasteiger partial charge in [0, 0.05) is 5.92 Å². The summed E-state index contributed by atoms with van der Waals surface area (Å²) in [6.45, 7) is 14.0. The van der Waals surface area contributed by atoms with Crippen LogP contribution in [-0.4, -0.2) is 18.9 Å².